The van der Waals surface area contributed by atoms with E-state index in [4.69, 9.17) is 4.74 Å². The normalized spacial score (nSPS) is 11.1. The Morgan fingerprint density at radius 3 is 2.60 bits per heavy atom. The monoisotopic (exact) mass is 397 g/mol. The maximum atomic E-state index is 12.2. The number of ether oxygens (including phenoxy) is 1. The highest BCUT2D eigenvalue weighted by Gasteiger charge is 2.15. The zero-order chi connectivity index (χ0) is 20.9. The highest BCUT2D eigenvalue weighted by molar-refractivity contribution is 6.06. The molecule has 1 aromatic heterocycles. The standard InChI is InChI=1S/C25H23N3O2/c1-18-9-8-12-20(15-18)30-17-24(29)27-26-16-22-21-13-6-7-14-23(21)28(2)25(22)19-10-4-3-5-11-19/h3-16H,17H2,1-2H3,(H,27,29)/b26-16-. The Balaban J connectivity index is 1.54. The molecule has 4 aromatic rings. The van der Waals surface area contributed by atoms with E-state index in [9.17, 15) is 4.79 Å². The first-order valence-corrected chi connectivity index (χ1v) is 9.77. The molecular weight excluding hydrogens is 374 g/mol. The third-order valence-corrected chi connectivity index (χ3v) is 4.94. The van der Waals surface area contributed by atoms with Gasteiger partial charge in [-0.15, -0.1) is 0 Å². The lowest BCUT2D eigenvalue weighted by atomic mass is 10.1. The molecule has 0 unspecified atom stereocenters. The summed E-state index contributed by atoms with van der Waals surface area (Å²) in [4.78, 5) is 12.2. The zero-order valence-corrected chi connectivity index (χ0v) is 17.0. The molecule has 1 amide bonds. The second kappa shape index (κ2) is 8.66. The van der Waals surface area contributed by atoms with Gasteiger partial charge in [-0.25, -0.2) is 5.43 Å². The van der Waals surface area contributed by atoms with Gasteiger partial charge in [0.05, 0.1) is 11.9 Å². The molecule has 0 bridgehead atoms. The highest BCUT2D eigenvalue weighted by atomic mass is 16.5. The summed E-state index contributed by atoms with van der Waals surface area (Å²) in [6.45, 7) is 1.88. The number of benzene rings is 3. The predicted octanol–water partition coefficient (Wildman–Crippen LogP) is 4.68. The molecule has 5 nitrogen and oxygen atoms in total. The molecule has 0 atom stereocenters. The van der Waals surface area contributed by atoms with Crippen molar-refractivity contribution in [2.75, 3.05) is 6.61 Å². The third-order valence-electron chi connectivity index (χ3n) is 4.94. The molecule has 30 heavy (non-hydrogen) atoms. The molecule has 0 saturated heterocycles. The van der Waals surface area contributed by atoms with Crippen LogP contribution >= 0.6 is 0 Å². The average Bonchev–Trinajstić information content (AvgIpc) is 3.05. The van der Waals surface area contributed by atoms with Gasteiger partial charge in [0.25, 0.3) is 5.91 Å². The zero-order valence-electron chi connectivity index (χ0n) is 17.0. The van der Waals surface area contributed by atoms with Gasteiger partial charge in [-0.05, 0) is 36.2 Å². The molecule has 0 aliphatic heterocycles. The van der Waals surface area contributed by atoms with Crippen LogP contribution in [-0.2, 0) is 11.8 Å². The van der Waals surface area contributed by atoms with Gasteiger partial charge in [0.2, 0.25) is 0 Å². The smallest absolute Gasteiger partial charge is 0.277 e. The van der Waals surface area contributed by atoms with Crippen molar-refractivity contribution in [3.8, 4) is 17.0 Å². The van der Waals surface area contributed by atoms with Crippen LogP contribution in [0, 0.1) is 6.92 Å². The summed E-state index contributed by atoms with van der Waals surface area (Å²) in [5, 5.41) is 5.28. The number of amides is 1. The van der Waals surface area contributed by atoms with E-state index in [-0.39, 0.29) is 12.5 Å². The third kappa shape index (κ3) is 4.10. The molecule has 0 spiro atoms. The van der Waals surface area contributed by atoms with Crippen molar-refractivity contribution in [1.29, 1.82) is 0 Å². The molecule has 0 radical (unpaired) electrons. The van der Waals surface area contributed by atoms with E-state index in [2.05, 4.69) is 39.4 Å². The van der Waals surface area contributed by atoms with E-state index in [1.807, 2.05) is 68.6 Å². The number of nitrogens with zero attached hydrogens (tertiary/aromatic N) is 2. The minimum Gasteiger partial charge on any atom is -0.484 e. The minimum atomic E-state index is -0.311. The molecule has 0 aliphatic carbocycles. The fourth-order valence-electron chi connectivity index (χ4n) is 3.55. The summed E-state index contributed by atoms with van der Waals surface area (Å²) in [6, 6.07) is 25.9. The van der Waals surface area contributed by atoms with E-state index in [1.165, 1.54) is 0 Å². The Labute approximate surface area is 175 Å². The highest BCUT2D eigenvalue weighted by Crippen LogP contribution is 2.31. The summed E-state index contributed by atoms with van der Waals surface area (Å²) < 4.78 is 7.68. The van der Waals surface area contributed by atoms with E-state index in [1.54, 1.807) is 6.21 Å². The molecule has 150 valence electrons. The lowest BCUT2D eigenvalue weighted by Gasteiger charge is -2.07. The largest absolute Gasteiger partial charge is 0.484 e. The molecule has 0 saturated carbocycles. The molecule has 3 aromatic carbocycles. The lowest BCUT2D eigenvalue weighted by Crippen LogP contribution is -2.24. The van der Waals surface area contributed by atoms with Crippen molar-refractivity contribution in [2.24, 2.45) is 12.1 Å². The first-order valence-electron chi connectivity index (χ1n) is 9.77. The fourth-order valence-corrected chi connectivity index (χ4v) is 3.55. The number of fused-ring (bicyclic) bond motifs is 1. The number of para-hydroxylation sites is 1. The number of aromatic nitrogens is 1. The Bertz CT molecular complexity index is 1210. The van der Waals surface area contributed by atoms with Crippen LogP contribution in [0.15, 0.2) is 84.0 Å². The number of carbonyl (C=O) groups excluding carboxylic acids is 1. The number of aryl methyl sites for hydroxylation is 2. The van der Waals surface area contributed by atoms with Gasteiger partial charge in [0.1, 0.15) is 5.75 Å². The Morgan fingerprint density at radius 1 is 1.03 bits per heavy atom. The van der Waals surface area contributed by atoms with Gasteiger partial charge in [0, 0.05) is 23.5 Å². The van der Waals surface area contributed by atoms with Crippen molar-refractivity contribution in [1.82, 2.24) is 9.99 Å². The maximum absolute atomic E-state index is 12.2. The van der Waals surface area contributed by atoms with Crippen LogP contribution in [0.3, 0.4) is 0 Å². The topological polar surface area (TPSA) is 55.6 Å². The molecule has 0 fully saturated rings. The number of carbonyl (C=O) groups is 1. The predicted molar refractivity (Wildman–Crippen MR) is 121 cm³/mol. The van der Waals surface area contributed by atoms with Crippen LogP contribution in [-0.4, -0.2) is 23.3 Å². The van der Waals surface area contributed by atoms with Gasteiger partial charge in [-0.3, -0.25) is 4.79 Å². The maximum Gasteiger partial charge on any atom is 0.277 e. The van der Waals surface area contributed by atoms with Crippen LogP contribution in [0.4, 0.5) is 0 Å². The molecule has 1 heterocycles. The van der Waals surface area contributed by atoms with Gasteiger partial charge in [-0.2, -0.15) is 5.10 Å². The molecule has 4 rings (SSSR count). The van der Waals surface area contributed by atoms with Crippen molar-refractivity contribution in [3.63, 3.8) is 0 Å². The first-order chi connectivity index (χ1) is 14.6. The van der Waals surface area contributed by atoms with Crippen LogP contribution < -0.4 is 10.2 Å². The van der Waals surface area contributed by atoms with Gasteiger partial charge < -0.3 is 9.30 Å². The SMILES string of the molecule is Cc1cccc(OCC(=O)N/N=C\c2c(-c3ccccc3)n(C)c3ccccc23)c1. The van der Waals surface area contributed by atoms with Crippen LogP contribution in [0.2, 0.25) is 0 Å². The van der Waals surface area contributed by atoms with E-state index in [0.29, 0.717) is 5.75 Å². The van der Waals surface area contributed by atoms with Crippen molar-refractivity contribution in [3.05, 3.63) is 90.0 Å². The van der Waals surface area contributed by atoms with Crippen molar-refractivity contribution >= 4 is 23.0 Å². The summed E-state index contributed by atoms with van der Waals surface area (Å²) in [6.07, 6.45) is 1.70. The summed E-state index contributed by atoms with van der Waals surface area (Å²) in [5.41, 5.74) is 7.84. The molecule has 1 N–H and O–H groups in total. The number of hydrogen-bond acceptors (Lipinski definition) is 3. The van der Waals surface area contributed by atoms with Gasteiger partial charge in [-0.1, -0.05) is 60.7 Å². The minimum absolute atomic E-state index is 0.0954. The summed E-state index contributed by atoms with van der Waals surface area (Å²) in [7, 11) is 2.04. The second-order valence-corrected chi connectivity index (χ2v) is 7.10. The Kier molecular flexibility index (Phi) is 5.61. The summed E-state index contributed by atoms with van der Waals surface area (Å²) >= 11 is 0. The second-order valence-electron chi connectivity index (χ2n) is 7.10. The fraction of sp³-hybridized carbons (Fsp3) is 0.120. The number of hydrazone groups is 1. The average molecular weight is 397 g/mol. The lowest BCUT2D eigenvalue weighted by molar-refractivity contribution is -0.123. The van der Waals surface area contributed by atoms with Crippen molar-refractivity contribution in [2.45, 2.75) is 6.92 Å². The van der Waals surface area contributed by atoms with Crippen molar-refractivity contribution < 1.29 is 9.53 Å². The van der Waals surface area contributed by atoms with Gasteiger partial charge in [0.15, 0.2) is 6.61 Å². The van der Waals surface area contributed by atoms with E-state index < -0.39 is 0 Å². The molecular formula is C25H23N3O2. The summed E-state index contributed by atoms with van der Waals surface area (Å²) in [5.74, 6) is 0.351. The number of rotatable bonds is 6. The van der Waals surface area contributed by atoms with E-state index in [0.717, 1.165) is 33.3 Å². The van der Waals surface area contributed by atoms with E-state index >= 15 is 0 Å². The first kappa shape index (κ1) is 19.5. The Morgan fingerprint density at radius 2 is 1.80 bits per heavy atom. The number of hydrogen-bond donors (Lipinski definition) is 1. The molecule has 0 aliphatic rings. The van der Waals surface area contributed by atoms with Crippen LogP contribution in [0.1, 0.15) is 11.1 Å². The quantitative estimate of drug-likeness (QED) is 0.379. The van der Waals surface area contributed by atoms with Gasteiger partial charge >= 0.3 is 0 Å². The van der Waals surface area contributed by atoms with Crippen LogP contribution in [0.5, 0.6) is 5.75 Å². The Hall–Kier alpha value is -3.86. The number of nitrogens with one attached hydrogen (secondary N) is 1. The molecule has 5 heteroatoms. The van der Waals surface area contributed by atoms with Crippen LogP contribution in [0.25, 0.3) is 22.2 Å².